The van der Waals surface area contributed by atoms with E-state index in [0.717, 1.165) is 38.4 Å². The Morgan fingerprint density at radius 3 is 2.69 bits per heavy atom. The van der Waals surface area contributed by atoms with E-state index >= 15 is 0 Å². The van der Waals surface area contributed by atoms with E-state index in [0.29, 0.717) is 18.8 Å². The maximum atomic E-state index is 12.9. The molecule has 0 unspecified atom stereocenters. The third-order valence-electron chi connectivity index (χ3n) is 5.44. The van der Waals surface area contributed by atoms with Crippen LogP contribution in [0, 0.1) is 10.1 Å². The highest BCUT2D eigenvalue weighted by Crippen LogP contribution is 2.27. The van der Waals surface area contributed by atoms with Crippen molar-refractivity contribution in [1.29, 1.82) is 0 Å². The number of carbonyl (C=O) groups excluding carboxylic acids is 1. The first-order valence-corrected chi connectivity index (χ1v) is 9.64. The van der Waals surface area contributed by atoms with E-state index in [4.69, 9.17) is 9.47 Å². The average Bonchev–Trinajstić information content (AvgIpc) is 3.21. The van der Waals surface area contributed by atoms with Gasteiger partial charge in [-0.3, -0.25) is 19.8 Å². The first kappa shape index (κ1) is 19.2. The Morgan fingerprint density at radius 2 is 1.97 bits per heavy atom. The van der Waals surface area contributed by atoms with Crippen LogP contribution in [0.2, 0.25) is 0 Å². The number of nitro groups is 1. The van der Waals surface area contributed by atoms with E-state index in [1.807, 2.05) is 6.07 Å². The number of nitrogens with zero attached hydrogens (tertiary/aromatic N) is 3. The minimum Gasteiger partial charge on any atom is -0.496 e. The van der Waals surface area contributed by atoms with Crippen LogP contribution in [-0.4, -0.2) is 60.5 Å². The number of fused-ring (bicyclic) bond motifs is 1. The number of hydrogen-bond acceptors (Lipinski definition) is 6. The molecule has 8 nitrogen and oxygen atoms in total. The molecule has 2 aromatic rings. The first-order valence-electron chi connectivity index (χ1n) is 9.64. The van der Waals surface area contributed by atoms with E-state index in [1.165, 1.54) is 36.4 Å². The molecule has 2 aliphatic heterocycles. The molecule has 0 atom stereocenters. The SMILES string of the molecule is COc1ccc([N+](=O)[O-])cc1C(=O)N1CCN(Cc2ccc3c(c2)CCO3)CC1. The van der Waals surface area contributed by atoms with Gasteiger partial charge in [0.25, 0.3) is 11.6 Å². The summed E-state index contributed by atoms with van der Waals surface area (Å²) in [6.45, 7) is 4.21. The van der Waals surface area contributed by atoms with E-state index in [2.05, 4.69) is 17.0 Å². The number of methoxy groups -OCH3 is 1. The number of amides is 1. The van der Waals surface area contributed by atoms with Crippen molar-refractivity contribution in [1.82, 2.24) is 9.80 Å². The number of nitro benzene ring substituents is 1. The summed E-state index contributed by atoms with van der Waals surface area (Å²) in [6.07, 6.45) is 0.955. The number of piperazine rings is 1. The monoisotopic (exact) mass is 397 g/mol. The van der Waals surface area contributed by atoms with Gasteiger partial charge in [-0.2, -0.15) is 0 Å². The first-order chi connectivity index (χ1) is 14.0. The lowest BCUT2D eigenvalue weighted by Gasteiger charge is -2.35. The van der Waals surface area contributed by atoms with Gasteiger partial charge >= 0.3 is 0 Å². The van der Waals surface area contributed by atoms with Crippen molar-refractivity contribution in [3.8, 4) is 11.5 Å². The minimum absolute atomic E-state index is 0.117. The molecule has 0 bridgehead atoms. The topological polar surface area (TPSA) is 85.1 Å². The molecule has 0 aliphatic carbocycles. The van der Waals surface area contributed by atoms with E-state index in [-0.39, 0.29) is 17.2 Å². The van der Waals surface area contributed by atoms with Gasteiger partial charge in [0.1, 0.15) is 11.5 Å². The van der Waals surface area contributed by atoms with E-state index in [9.17, 15) is 14.9 Å². The quantitative estimate of drug-likeness (QED) is 0.569. The lowest BCUT2D eigenvalue weighted by Crippen LogP contribution is -2.48. The number of non-ortho nitro benzene ring substituents is 1. The summed E-state index contributed by atoms with van der Waals surface area (Å²) >= 11 is 0. The molecule has 1 saturated heterocycles. The molecule has 152 valence electrons. The molecule has 2 aliphatic rings. The maximum Gasteiger partial charge on any atom is 0.270 e. The average molecular weight is 397 g/mol. The van der Waals surface area contributed by atoms with Crippen LogP contribution >= 0.6 is 0 Å². The van der Waals surface area contributed by atoms with Crippen molar-refractivity contribution in [3.63, 3.8) is 0 Å². The summed E-state index contributed by atoms with van der Waals surface area (Å²) in [5, 5.41) is 11.1. The van der Waals surface area contributed by atoms with Gasteiger partial charge in [-0.15, -0.1) is 0 Å². The molecular weight excluding hydrogens is 374 g/mol. The van der Waals surface area contributed by atoms with E-state index in [1.54, 1.807) is 4.90 Å². The van der Waals surface area contributed by atoms with Crippen molar-refractivity contribution in [2.75, 3.05) is 39.9 Å². The molecule has 4 rings (SSSR count). The third kappa shape index (κ3) is 4.02. The van der Waals surface area contributed by atoms with Crippen LogP contribution in [0.3, 0.4) is 0 Å². The molecule has 2 heterocycles. The van der Waals surface area contributed by atoms with Crippen LogP contribution < -0.4 is 9.47 Å². The molecule has 0 spiro atoms. The van der Waals surface area contributed by atoms with Crippen molar-refractivity contribution in [2.24, 2.45) is 0 Å². The Labute approximate surface area is 168 Å². The Bertz CT molecular complexity index is 938. The minimum atomic E-state index is -0.504. The van der Waals surface area contributed by atoms with Gasteiger partial charge in [-0.05, 0) is 23.3 Å². The standard InChI is InChI=1S/C21H23N3O5/c1-28-20-5-3-17(24(26)27)13-18(20)21(25)23-9-7-22(8-10-23)14-15-2-4-19-16(12-15)6-11-29-19/h2-5,12-13H,6-11,14H2,1H3. The van der Waals surface area contributed by atoms with Gasteiger partial charge in [-0.25, -0.2) is 0 Å². The second kappa shape index (κ2) is 8.08. The predicted octanol–water partition coefficient (Wildman–Crippen LogP) is 2.50. The zero-order valence-electron chi connectivity index (χ0n) is 16.3. The normalized spacial score (nSPS) is 16.2. The number of ether oxygens (including phenoxy) is 2. The fourth-order valence-corrected chi connectivity index (χ4v) is 3.85. The van der Waals surface area contributed by atoms with Gasteiger partial charge in [0.2, 0.25) is 0 Å². The fraction of sp³-hybridized carbons (Fsp3) is 0.381. The molecule has 1 fully saturated rings. The van der Waals surface area contributed by atoms with Gasteiger partial charge in [0.05, 0.1) is 24.2 Å². The Hall–Kier alpha value is -3.13. The second-order valence-electron chi connectivity index (χ2n) is 7.25. The summed E-state index contributed by atoms with van der Waals surface area (Å²) < 4.78 is 10.8. The zero-order valence-corrected chi connectivity index (χ0v) is 16.3. The Kier molecular flexibility index (Phi) is 5.35. The third-order valence-corrected chi connectivity index (χ3v) is 5.44. The summed E-state index contributed by atoms with van der Waals surface area (Å²) in [4.78, 5) is 27.5. The highest BCUT2D eigenvalue weighted by atomic mass is 16.6. The lowest BCUT2D eigenvalue weighted by atomic mass is 10.1. The molecular formula is C21H23N3O5. The van der Waals surface area contributed by atoms with E-state index < -0.39 is 4.92 Å². The second-order valence-corrected chi connectivity index (χ2v) is 7.25. The predicted molar refractivity (Wildman–Crippen MR) is 106 cm³/mol. The van der Waals surface area contributed by atoms with Crippen LogP contribution in [0.25, 0.3) is 0 Å². The summed E-state index contributed by atoms with van der Waals surface area (Å²) in [6, 6.07) is 10.4. The van der Waals surface area contributed by atoms with Gasteiger partial charge < -0.3 is 14.4 Å². The molecule has 29 heavy (non-hydrogen) atoms. The van der Waals surface area contributed by atoms with Gasteiger partial charge in [-0.1, -0.05) is 12.1 Å². The maximum absolute atomic E-state index is 12.9. The zero-order chi connectivity index (χ0) is 20.4. The number of benzene rings is 2. The number of hydrogen-bond donors (Lipinski definition) is 0. The molecule has 1 amide bonds. The molecule has 0 aromatic heterocycles. The molecule has 0 N–H and O–H groups in total. The van der Waals surface area contributed by atoms with Gasteiger partial charge in [0.15, 0.2) is 0 Å². The van der Waals surface area contributed by atoms with Gasteiger partial charge in [0, 0.05) is 51.3 Å². The van der Waals surface area contributed by atoms with Crippen molar-refractivity contribution in [2.45, 2.75) is 13.0 Å². The van der Waals surface area contributed by atoms with Crippen molar-refractivity contribution in [3.05, 3.63) is 63.2 Å². The lowest BCUT2D eigenvalue weighted by molar-refractivity contribution is -0.384. The molecule has 8 heteroatoms. The van der Waals surface area contributed by atoms with Crippen LogP contribution in [0.1, 0.15) is 21.5 Å². The number of rotatable bonds is 5. The van der Waals surface area contributed by atoms with Crippen LogP contribution in [0.15, 0.2) is 36.4 Å². The van der Waals surface area contributed by atoms with Crippen LogP contribution in [0.5, 0.6) is 11.5 Å². The van der Waals surface area contributed by atoms with Crippen molar-refractivity contribution < 1.29 is 19.2 Å². The summed E-state index contributed by atoms with van der Waals surface area (Å²) in [5.41, 5.74) is 2.62. The summed E-state index contributed by atoms with van der Waals surface area (Å²) in [7, 11) is 1.46. The summed E-state index contributed by atoms with van der Waals surface area (Å²) in [5.74, 6) is 1.10. The number of carbonyl (C=O) groups is 1. The molecule has 0 radical (unpaired) electrons. The highest BCUT2D eigenvalue weighted by Gasteiger charge is 2.26. The van der Waals surface area contributed by atoms with Crippen molar-refractivity contribution >= 4 is 11.6 Å². The van der Waals surface area contributed by atoms with Crippen LogP contribution in [0.4, 0.5) is 5.69 Å². The molecule has 2 aromatic carbocycles. The largest absolute Gasteiger partial charge is 0.496 e. The van der Waals surface area contributed by atoms with Crippen LogP contribution in [-0.2, 0) is 13.0 Å². The Balaban J connectivity index is 1.40. The smallest absolute Gasteiger partial charge is 0.270 e. The molecule has 0 saturated carbocycles. The fourth-order valence-electron chi connectivity index (χ4n) is 3.85. The Morgan fingerprint density at radius 1 is 1.17 bits per heavy atom. The highest BCUT2D eigenvalue weighted by molar-refractivity contribution is 5.97.